The molecule has 0 aliphatic rings. The molecule has 0 bridgehead atoms. The zero-order valence-corrected chi connectivity index (χ0v) is 11.6. The maximum absolute atomic E-state index is 5.58. The summed E-state index contributed by atoms with van der Waals surface area (Å²) in [6.07, 6.45) is 1.12. The maximum Gasteiger partial charge on any atom is 0.0205 e. The summed E-state index contributed by atoms with van der Waals surface area (Å²) in [7, 11) is 0. The molecule has 1 aromatic heterocycles. The lowest BCUT2D eigenvalue weighted by molar-refractivity contribution is 0.689. The molecule has 96 valence electrons. The molecule has 2 nitrogen and oxygen atoms in total. The van der Waals surface area contributed by atoms with Crippen molar-refractivity contribution >= 4 is 11.3 Å². The Labute approximate surface area is 113 Å². The van der Waals surface area contributed by atoms with Gasteiger partial charge >= 0.3 is 0 Å². The summed E-state index contributed by atoms with van der Waals surface area (Å²) in [5.41, 5.74) is 9.49. The molecule has 2 rings (SSSR count). The number of rotatable bonds is 6. The molecule has 0 radical (unpaired) electrons. The van der Waals surface area contributed by atoms with Crippen molar-refractivity contribution in [3.8, 4) is 0 Å². The number of thiophene rings is 1. The first-order valence-electron chi connectivity index (χ1n) is 6.31. The number of nitrogens with one attached hydrogen (secondary N) is 1. The first-order chi connectivity index (χ1) is 8.79. The van der Waals surface area contributed by atoms with Gasteiger partial charge in [0, 0.05) is 24.5 Å². The topological polar surface area (TPSA) is 38.0 Å². The Morgan fingerprint density at radius 1 is 1.11 bits per heavy atom. The first-order valence-corrected chi connectivity index (χ1v) is 7.19. The number of nitrogens with two attached hydrogens (primary N) is 1. The van der Waals surface area contributed by atoms with Gasteiger partial charge in [0.05, 0.1) is 0 Å². The van der Waals surface area contributed by atoms with Gasteiger partial charge in [-0.05, 0) is 41.5 Å². The predicted octanol–water partition coefficient (Wildman–Crippen LogP) is 2.85. The molecule has 0 unspecified atom stereocenters. The third-order valence-electron chi connectivity index (χ3n) is 3.08. The van der Waals surface area contributed by atoms with E-state index in [1.54, 1.807) is 0 Å². The third kappa shape index (κ3) is 3.67. The fourth-order valence-corrected chi connectivity index (χ4v) is 2.80. The Hall–Kier alpha value is -1.16. The van der Waals surface area contributed by atoms with Crippen molar-refractivity contribution in [3.63, 3.8) is 0 Å². The highest BCUT2D eigenvalue weighted by atomic mass is 32.1. The van der Waals surface area contributed by atoms with Gasteiger partial charge in [-0.3, -0.25) is 0 Å². The van der Waals surface area contributed by atoms with Crippen LogP contribution in [0.15, 0.2) is 35.7 Å². The average Bonchev–Trinajstić information content (AvgIpc) is 2.81. The summed E-state index contributed by atoms with van der Waals surface area (Å²) in [5.74, 6) is 0. The molecule has 0 spiro atoms. The molecule has 0 aliphatic heterocycles. The summed E-state index contributed by atoms with van der Waals surface area (Å²) in [6, 6.07) is 10.7. The minimum atomic E-state index is 0.616. The zero-order chi connectivity index (χ0) is 12.8. The van der Waals surface area contributed by atoms with Crippen LogP contribution < -0.4 is 11.1 Å². The Morgan fingerprint density at radius 2 is 1.83 bits per heavy atom. The molecule has 3 N–H and O–H groups in total. The van der Waals surface area contributed by atoms with Gasteiger partial charge in [-0.15, -0.1) is 11.3 Å². The highest BCUT2D eigenvalue weighted by molar-refractivity contribution is 7.10. The monoisotopic (exact) mass is 260 g/mol. The van der Waals surface area contributed by atoms with Gasteiger partial charge in [0.25, 0.3) is 0 Å². The second-order valence-electron chi connectivity index (χ2n) is 4.47. The van der Waals surface area contributed by atoms with E-state index in [4.69, 9.17) is 5.73 Å². The predicted molar refractivity (Wildman–Crippen MR) is 78.8 cm³/mol. The summed E-state index contributed by atoms with van der Waals surface area (Å²) in [6.45, 7) is 4.75. The standard InChI is InChI=1S/C15H20N2S/c1-12-7-9-18-15(12)6-8-17-11-14-4-2-13(10-16)3-5-14/h2-5,7,9,17H,6,8,10-11,16H2,1H3. The van der Waals surface area contributed by atoms with Gasteiger partial charge in [-0.1, -0.05) is 24.3 Å². The Balaban J connectivity index is 1.73. The molecule has 18 heavy (non-hydrogen) atoms. The molecule has 3 heteroatoms. The molecule has 0 amide bonds. The van der Waals surface area contributed by atoms with E-state index in [-0.39, 0.29) is 0 Å². The second kappa shape index (κ2) is 6.69. The molecule has 1 heterocycles. The normalized spacial score (nSPS) is 10.8. The lowest BCUT2D eigenvalue weighted by atomic mass is 10.1. The maximum atomic E-state index is 5.58. The van der Waals surface area contributed by atoms with Crippen molar-refractivity contribution in [1.82, 2.24) is 5.32 Å². The smallest absolute Gasteiger partial charge is 0.0205 e. The van der Waals surface area contributed by atoms with Crippen LogP contribution in [0.4, 0.5) is 0 Å². The van der Waals surface area contributed by atoms with E-state index >= 15 is 0 Å². The van der Waals surface area contributed by atoms with Gasteiger partial charge in [-0.2, -0.15) is 0 Å². The molecule has 0 fully saturated rings. The number of hydrogen-bond acceptors (Lipinski definition) is 3. The van der Waals surface area contributed by atoms with Gasteiger partial charge in [0.2, 0.25) is 0 Å². The van der Waals surface area contributed by atoms with Crippen LogP contribution in [0.1, 0.15) is 21.6 Å². The Morgan fingerprint density at radius 3 is 2.44 bits per heavy atom. The summed E-state index contributed by atoms with van der Waals surface area (Å²) < 4.78 is 0. The van der Waals surface area contributed by atoms with Gasteiger partial charge in [0.1, 0.15) is 0 Å². The molecular weight excluding hydrogens is 240 g/mol. The lowest BCUT2D eigenvalue weighted by Gasteiger charge is -2.05. The highest BCUT2D eigenvalue weighted by Crippen LogP contribution is 2.15. The quantitative estimate of drug-likeness (QED) is 0.784. The molecule has 1 aromatic carbocycles. The first kappa shape index (κ1) is 13.3. The second-order valence-corrected chi connectivity index (χ2v) is 5.47. The van der Waals surface area contributed by atoms with Crippen LogP contribution in [0, 0.1) is 6.92 Å². The van der Waals surface area contributed by atoms with E-state index in [0.717, 1.165) is 19.5 Å². The molecule has 0 atom stereocenters. The minimum Gasteiger partial charge on any atom is -0.326 e. The van der Waals surface area contributed by atoms with Crippen LogP contribution in [-0.4, -0.2) is 6.54 Å². The van der Waals surface area contributed by atoms with Crippen molar-refractivity contribution < 1.29 is 0 Å². The van der Waals surface area contributed by atoms with E-state index in [9.17, 15) is 0 Å². The van der Waals surface area contributed by atoms with Crippen LogP contribution in [0.2, 0.25) is 0 Å². The van der Waals surface area contributed by atoms with Gasteiger partial charge in [-0.25, -0.2) is 0 Å². The SMILES string of the molecule is Cc1ccsc1CCNCc1ccc(CN)cc1. The fraction of sp³-hybridized carbons (Fsp3) is 0.333. The lowest BCUT2D eigenvalue weighted by Crippen LogP contribution is -2.16. The summed E-state index contributed by atoms with van der Waals surface area (Å²) in [5, 5.41) is 5.64. The molecular formula is C15H20N2S. The minimum absolute atomic E-state index is 0.616. The van der Waals surface area contributed by atoms with Crippen LogP contribution >= 0.6 is 11.3 Å². The number of benzene rings is 1. The highest BCUT2D eigenvalue weighted by Gasteiger charge is 1.99. The zero-order valence-electron chi connectivity index (χ0n) is 10.8. The van der Waals surface area contributed by atoms with E-state index in [1.165, 1.54) is 21.6 Å². The van der Waals surface area contributed by atoms with Crippen molar-refractivity contribution in [1.29, 1.82) is 0 Å². The summed E-state index contributed by atoms with van der Waals surface area (Å²) in [4.78, 5) is 1.49. The average molecular weight is 260 g/mol. The van der Waals surface area contributed by atoms with Crippen LogP contribution in [0.3, 0.4) is 0 Å². The van der Waals surface area contributed by atoms with Crippen molar-refractivity contribution in [2.24, 2.45) is 5.73 Å². The Kier molecular flexibility index (Phi) is 4.93. The van der Waals surface area contributed by atoms with Crippen molar-refractivity contribution in [2.75, 3.05) is 6.54 Å². The van der Waals surface area contributed by atoms with E-state index < -0.39 is 0 Å². The van der Waals surface area contributed by atoms with E-state index in [0.29, 0.717) is 6.54 Å². The van der Waals surface area contributed by atoms with E-state index in [1.807, 2.05) is 11.3 Å². The fourth-order valence-electron chi connectivity index (χ4n) is 1.89. The molecule has 2 aromatic rings. The molecule has 0 aliphatic carbocycles. The van der Waals surface area contributed by atoms with Crippen LogP contribution in [0.5, 0.6) is 0 Å². The third-order valence-corrected chi connectivity index (χ3v) is 4.17. The van der Waals surface area contributed by atoms with E-state index in [2.05, 4.69) is 48.0 Å². The number of aryl methyl sites for hydroxylation is 1. The Bertz CT molecular complexity index is 473. The molecule has 0 saturated heterocycles. The summed E-state index contributed by atoms with van der Waals surface area (Å²) >= 11 is 1.85. The molecule has 0 saturated carbocycles. The number of hydrogen-bond donors (Lipinski definition) is 2. The van der Waals surface area contributed by atoms with Crippen LogP contribution in [-0.2, 0) is 19.5 Å². The largest absolute Gasteiger partial charge is 0.326 e. The van der Waals surface area contributed by atoms with Gasteiger partial charge < -0.3 is 11.1 Å². The van der Waals surface area contributed by atoms with Crippen LogP contribution in [0.25, 0.3) is 0 Å². The van der Waals surface area contributed by atoms with Crippen molar-refractivity contribution in [3.05, 3.63) is 57.3 Å². The van der Waals surface area contributed by atoms with Gasteiger partial charge in [0.15, 0.2) is 0 Å². The van der Waals surface area contributed by atoms with Crippen molar-refractivity contribution in [2.45, 2.75) is 26.4 Å².